The van der Waals surface area contributed by atoms with Crippen molar-refractivity contribution in [3.63, 3.8) is 0 Å². The fourth-order valence-electron chi connectivity index (χ4n) is 2.44. The van der Waals surface area contributed by atoms with Crippen molar-refractivity contribution >= 4 is 35.2 Å². The number of carbonyl (C=O) groups is 1. The van der Waals surface area contributed by atoms with E-state index < -0.39 is 5.97 Å². The van der Waals surface area contributed by atoms with Crippen LogP contribution in [0.2, 0.25) is 10.0 Å². The minimum atomic E-state index is -0.391. The molecule has 0 radical (unpaired) electrons. The lowest BCUT2D eigenvalue weighted by molar-refractivity contribution is -0.138. The van der Waals surface area contributed by atoms with Crippen molar-refractivity contribution in [2.24, 2.45) is 0 Å². The van der Waals surface area contributed by atoms with E-state index in [1.165, 1.54) is 6.08 Å². The van der Waals surface area contributed by atoms with Gasteiger partial charge in [-0.3, -0.25) is 0 Å². The SMILES string of the molecule is O=C(/C=C/c1ccc(OCc2c(Cl)cccc2Cl)cc1)OCc1ccccc1. The standard InChI is InChI=1S/C23H18Cl2O3/c24-21-7-4-8-22(25)20(21)16-27-19-12-9-17(10-13-19)11-14-23(26)28-15-18-5-2-1-3-6-18/h1-14H,15-16H2/b14-11+. The topological polar surface area (TPSA) is 35.5 Å². The lowest BCUT2D eigenvalue weighted by atomic mass is 10.2. The van der Waals surface area contributed by atoms with E-state index in [1.54, 1.807) is 24.3 Å². The Labute approximate surface area is 174 Å². The minimum absolute atomic E-state index is 0.251. The molecule has 0 saturated carbocycles. The van der Waals surface area contributed by atoms with Gasteiger partial charge in [-0.05, 0) is 41.5 Å². The molecule has 3 aromatic carbocycles. The van der Waals surface area contributed by atoms with Gasteiger partial charge < -0.3 is 9.47 Å². The Morgan fingerprint density at radius 3 is 2.18 bits per heavy atom. The first-order valence-corrected chi connectivity index (χ1v) is 9.42. The number of ether oxygens (including phenoxy) is 2. The molecular formula is C23H18Cl2O3. The Kier molecular flexibility index (Phi) is 7.12. The molecule has 0 saturated heterocycles. The van der Waals surface area contributed by atoms with Gasteiger partial charge in [-0.15, -0.1) is 0 Å². The van der Waals surface area contributed by atoms with Gasteiger partial charge in [0.05, 0.1) is 0 Å². The fraction of sp³-hybridized carbons (Fsp3) is 0.0870. The number of esters is 1. The number of hydrogen-bond donors (Lipinski definition) is 0. The van der Waals surface area contributed by atoms with E-state index in [0.717, 1.165) is 16.7 Å². The predicted octanol–water partition coefficient (Wildman–Crippen LogP) is 6.33. The van der Waals surface area contributed by atoms with Crippen molar-refractivity contribution in [3.05, 3.63) is 106 Å². The minimum Gasteiger partial charge on any atom is -0.489 e. The summed E-state index contributed by atoms with van der Waals surface area (Å²) in [6.45, 7) is 0.529. The monoisotopic (exact) mass is 412 g/mol. The lowest BCUT2D eigenvalue weighted by Gasteiger charge is -2.09. The highest BCUT2D eigenvalue weighted by atomic mass is 35.5. The largest absolute Gasteiger partial charge is 0.489 e. The first-order chi connectivity index (χ1) is 13.6. The van der Waals surface area contributed by atoms with Gasteiger partial charge in [0.1, 0.15) is 19.0 Å². The molecule has 0 aliphatic heterocycles. The molecule has 0 heterocycles. The van der Waals surface area contributed by atoms with Crippen molar-refractivity contribution in [2.45, 2.75) is 13.2 Å². The van der Waals surface area contributed by atoms with E-state index in [2.05, 4.69) is 0 Å². The van der Waals surface area contributed by atoms with E-state index in [0.29, 0.717) is 15.8 Å². The number of halogens is 2. The molecule has 3 rings (SSSR count). The van der Waals surface area contributed by atoms with Crippen LogP contribution in [0.4, 0.5) is 0 Å². The molecule has 0 aromatic heterocycles. The molecule has 0 unspecified atom stereocenters. The first kappa shape index (κ1) is 20.0. The molecule has 0 atom stereocenters. The molecule has 142 valence electrons. The zero-order valence-electron chi connectivity index (χ0n) is 15.0. The van der Waals surface area contributed by atoms with Crippen LogP contribution in [-0.4, -0.2) is 5.97 Å². The van der Waals surface area contributed by atoms with Crippen molar-refractivity contribution < 1.29 is 14.3 Å². The molecule has 0 bridgehead atoms. The third-order valence-electron chi connectivity index (χ3n) is 3.96. The van der Waals surface area contributed by atoms with Crippen LogP contribution in [0, 0.1) is 0 Å². The van der Waals surface area contributed by atoms with E-state index in [-0.39, 0.29) is 13.2 Å². The maximum Gasteiger partial charge on any atom is 0.331 e. The molecular weight excluding hydrogens is 395 g/mol. The normalized spacial score (nSPS) is 10.8. The summed E-state index contributed by atoms with van der Waals surface area (Å²) in [5.74, 6) is 0.289. The van der Waals surface area contributed by atoms with Crippen LogP contribution < -0.4 is 4.74 Å². The summed E-state index contributed by atoms with van der Waals surface area (Å²) in [4.78, 5) is 11.8. The summed E-state index contributed by atoms with van der Waals surface area (Å²) in [6, 6.07) is 22.2. The second kappa shape index (κ2) is 9.98. The van der Waals surface area contributed by atoms with Crippen molar-refractivity contribution in [2.75, 3.05) is 0 Å². The highest BCUT2D eigenvalue weighted by molar-refractivity contribution is 6.35. The van der Waals surface area contributed by atoms with Gasteiger partial charge in [0.2, 0.25) is 0 Å². The molecule has 3 nitrogen and oxygen atoms in total. The van der Waals surface area contributed by atoms with Crippen LogP contribution in [0.25, 0.3) is 6.08 Å². The third-order valence-corrected chi connectivity index (χ3v) is 4.67. The quantitative estimate of drug-likeness (QED) is 0.336. The summed E-state index contributed by atoms with van der Waals surface area (Å²) in [6.07, 6.45) is 3.10. The molecule has 28 heavy (non-hydrogen) atoms. The van der Waals surface area contributed by atoms with Gasteiger partial charge in [-0.1, -0.05) is 71.7 Å². The molecule has 3 aromatic rings. The number of rotatable bonds is 7. The zero-order chi connectivity index (χ0) is 19.8. The van der Waals surface area contributed by atoms with Crippen molar-refractivity contribution in [1.29, 1.82) is 0 Å². The Hall–Kier alpha value is -2.75. The summed E-state index contributed by atoms with van der Waals surface area (Å²) in [7, 11) is 0. The molecule has 0 fully saturated rings. The van der Waals surface area contributed by atoms with Crippen LogP contribution in [0.3, 0.4) is 0 Å². The Morgan fingerprint density at radius 1 is 0.821 bits per heavy atom. The van der Waals surface area contributed by atoms with E-state index in [4.69, 9.17) is 32.7 Å². The molecule has 0 aliphatic rings. The second-order valence-electron chi connectivity index (χ2n) is 5.98. The van der Waals surface area contributed by atoms with E-state index in [1.807, 2.05) is 54.6 Å². The van der Waals surface area contributed by atoms with Crippen LogP contribution >= 0.6 is 23.2 Å². The van der Waals surface area contributed by atoms with Crippen molar-refractivity contribution in [1.82, 2.24) is 0 Å². The average molecular weight is 413 g/mol. The van der Waals surface area contributed by atoms with Gasteiger partial charge >= 0.3 is 5.97 Å². The van der Waals surface area contributed by atoms with Crippen LogP contribution in [-0.2, 0) is 22.7 Å². The average Bonchev–Trinajstić information content (AvgIpc) is 2.72. The highest BCUT2D eigenvalue weighted by Crippen LogP contribution is 2.26. The zero-order valence-corrected chi connectivity index (χ0v) is 16.5. The van der Waals surface area contributed by atoms with Gasteiger partial charge in [0, 0.05) is 21.7 Å². The van der Waals surface area contributed by atoms with Crippen molar-refractivity contribution in [3.8, 4) is 5.75 Å². The molecule has 0 aliphatic carbocycles. The molecule has 0 amide bonds. The summed E-state index contributed by atoms with van der Waals surface area (Å²) in [5, 5.41) is 1.14. The van der Waals surface area contributed by atoms with Crippen LogP contribution in [0.1, 0.15) is 16.7 Å². The van der Waals surface area contributed by atoms with Crippen LogP contribution in [0.5, 0.6) is 5.75 Å². The van der Waals surface area contributed by atoms with E-state index in [9.17, 15) is 4.79 Å². The fourth-order valence-corrected chi connectivity index (χ4v) is 2.95. The van der Waals surface area contributed by atoms with Crippen LogP contribution in [0.15, 0.2) is 78.9 Å². The molecule has 0 spiro atoms. The third kappa shape index (κ3) is 5.88. The first-order valence-electron chi connectivity index (χ1n) is 8.66. The predicted molar refractivity (Wildman–Crippen MR) is 113 cm³/mol. The highest BCUT2D eigenvalue weighted by Gasteiger charge is 2.06. The Balaban J connectivity index is 1.51. The Bertz CT molecular complexity index is 931. The summed E-state index contributed by atoms with van der Waals surface area (Å²) in [5.41, 5.74) is 2.56. The molecule has 5 heteroatoms. The Morgan fingerprint density at radius 2 is 1.50 bits per heavy atom. The molecule has 0 N–H and O–H groups in total. The van der Waals surface area contributed by atoms with Gasteiger partial charge in [0.15, 0.2) is 0 Å². The van der Waals surface area contributed by atoms with E-state index >= 15 is 0 Å². The number of benzene rings is 3. The second-order valence-corrected chi connectivity index (χ2v) is 6.80. The lowest BCUT2D eigenvalue weighted by Crippen LogP contribution is -2.00. The van der Waals surface area contributed by atoms with Gasteiger partial charge in [-0.25, -0.2) is 4.79 Å². The maximum absolute atomic E-state index is 11.8. The summed E-state index contributed by atoms with van der Waals surface area (Å²) >= 11 is 12.3. The van der Waals surface area contributed by atoms with Gasteiger partial charge in [0.25, 0.3) is 0 Å². The smallest absolute Gasteiger partial charge is 0.331 e. The number of carbonyl (C=O) groups excluding carboxylic acids is 1. The number of hydrogen-bond acceptors (Lipinski definition) is 3. The maximum atomic E-state index is 11.8. The van der Waals surface area contributed by atoms with Gasteiger partial charge in [-0.2, -0.15) is 0 Å². The summed E-state index contributed by atoms with van der Waals surface area (Å²) < 4.78 is 10.9.